The van der Waals surface area contributed by atoms with Crippen LogP contribution < -0.4 is 16.6 Å². The van der Waals surface area contributed by atoms with Crippen LogP contribution >= 0.6 is 0 Å². The molecule has 0 aliphatic carbocycles. The van der Waals surface area contributed by atoms with E-state index in [0.29, 0.717) is 41.3 Å². The summed E-state index contributed by atoms with van der Waals surface area (Å²) in [4.78, 5) is 34.3. The van der Waals surface area contributed by atoms with Gasteiger partial charge in [0.15, 0.2) is 0 Å². The minimum absolute atomic E-state index is 0.105. The second-order valence-corrected chi connectivity index (χ2v) is 8.85. The van der Waals surface area contributed by atoms with Crippen molar-refractivity contribution in [2.75, 3.05) is 25.5 Å². The van der Waals surface area contributed by atoms with Gasteiger partial charge in [0.1, 0.15) is 5.82 Å². The molecule has 178 valence electrons. The molecule has 0 spiro atoms. The lowest BCUT2D eigenvalue weighted by molar-refractivity contribution is 0.0642. The Kier molecular flexibility index (Phi) is 6.54. The molecule has 4 aromatic rings. The lowest BCUT2D eigenvalue weighted by atomic mass is 10.0. The molecular formula is C27H27N5O3. The number of nitrogens with one attached hydrogen (secondary N) is 1. The van der Waals surface area contributed by atoms with Crippen molar-refractivity contribution in [3.05, 3.63) is 88.6 Å². The Morgan fingerprint density at radius 1 is 1.06 bits per heavy atom. The van der Waals surface area contributed by atoms with Crippen LogP contribution in [0.5, 0.6) is 0 Å². The van der Waals surface area contributed by atoms with E-state index >= 15 is 0 Å². The van der Waals surface area contributed by atoms with Gasteiger partial charge in [-0.3, -0.25) is 14.2 Å². The van der Waals surface area contributed by atoms with Crippen molar-refractivity contribution >= 4 is 22.6 Å². The fraction of sp³-hybridized carbons (Fsp3) is 0.259. The van der Waals surface area contributed by atoms with E-state index in [0.717, 1.165) is 42.7 Å². The highest BCUT2D eigenvalue weighted by molar-refractivity contribution is 5.94. The number of carbonyl (C=O) groups is 1. The third kappa shape index (κ3) is 5.22. The molecule has 3 N–H and O–H groups in total. The zero-order valence-corrected chi connectivity index (χ0v) is 19.3. The number of nitrogen functional groups attached to an aromatic ring is 1. The summed E-state index contributed by atoms with van der Waals surface area (Å²) < 4.78 is 6.94. The largest absolute Gasteiger partial charge is 0.384 e. The number of nitrogens with two attached hydrogens (primary N) is 1. The molecule has 0 radical (unpaired) electrons. The molecule has 0 bridgehead atoms. The molecule has 0 atom stereocenters. The lowest BCUT2D eigenvalue weighted by Gasteiger charge is -2.22. The summed E-state index contributed by atoms with van der Waals surface area (Å²) in [5.74, 6) is 0.784. The maximum absolute atomic E-state index is 13.1. The molecule has 5 rings (SSSR count). The van der Waals surface area contributed by atoms with Gasteiger partial charge in [-0.25, -0.2) is 9.97 Å². The Hall–Kier alpha value is -4.04. The summed E-state index contributed by atoms with van der Waals surface area (Å²) >= 11 is 0. The van der Waals surface area contributed by atoms with Gasteiger partial charge < -0.3 is 15.8 Å². The number of fused-ring (bicyclic) bond motifs is 1. The van der Waals surface area contributed by atoms with Gasteiger partial charge in [-0.05, 0) is 71.8 Å². The Balaban J connectivity index is 1.32. The third-order valence-corrected chi connectivity index (χ3v) is 6.37. The minimum atomic E-state index is -0.134. The molecule has 8 nitrogen and oxygen atoms in total. The number of aromatic nitrogens is 3. The predicted molar refractivity (Wildman–Crippen MR) is 135 cm³/mol. The van der Waals surface area contributed by atoms with E-state index in [1.165, 1.54) is 0 Å². The number of nitrogens with zero attached hydrogens (tertiary/aromatic N) is 3. The number of carbonyl (C=O) groups excluding carboxylic acids is 1. The first-order valence-corrected chi connectivity index (χ1v) is 11.7. The highest BCUT2D eigenvalue weighted by atomic mass is 16.5. The maximum atomic E-state index is 13.1. The van der Waals surface area contributed by atoms with Gasteiger partial charge >= 0.3 is 0 Å². The van der Waals surface area contributed by atoms with Gasteiger partial charge in [-0.2, -0.15) is 0 Å². The fourth-order valence-electron chi connectivity index (χ4n) is 4.38. The first-order chi connectivity index (χ1) is 17.1. The van der Waals surface area contributed by atoms with Gasteiger partial charge in [-0.15, -0.1) is 0 Å². The molecule has 1 aliphatic heterocycles. The van der Waals surface area contributed by atoms with E-state index in [1.807, 2.05) is 36.4 Å². The second kappa shape index (κ2) is 10.1. The van der Waals surface area contributed by atoms with Crippen LogP contribution in [0.15, 0.2) is 71.9 Å². The van der Waals surface area contributed by atoms with Gasteiger partial charge in [0.25, 0.3) is 11.5 Å². The molecule has 1 amide bonds. The Morgan fingerprint density at radius 3 is 2.71 bits per heavy atom. The molecule has 1 aliphatic rings. The van der Waals surface area contributed by atoms with Crippen LogP contribution in [0.25, 0.3) is 22.0 Å². The summed E-state index contributed by atoms with van der Waals surface area (Å²) in [5.41, 5.74) is 9.54. The van der Waals surface area contributed by atoms with Crippen LogP contribution in [0, 0.1) is 5.92 Å². The topological polar surface area (TPSA) is 112 Å². The fourth-order valence-corrected chi connectivity index (χ4v) is 4.38. The number of hydrogen-bond acceptors (Lipinski definition) is 6. The van der Waals surface area contributed by atoms with Crippen LogP contribution in [0.1, 0.15) is 28.8 Å². The van der Waals surface area contributed by atoms with Crippen LogP contribution in [0.4, 0.5) is 5.82 Å². The van der Waals surface area contributed by atoms with Gasteiger partial charge in [0.2, 0.25) is 0 Å². The third-order valence-electron chi connectivity index (χ3n) is 6.37. The van der Waals surface area contributed by atoms with E-state index in [2.05, 4.69) is 15.3 Å². The van der Waals surface area contributed by atoms with Gasteiger partial charge in [0.05, 0.1) is 23.8 Å². The average molecular weight is 470 g/mol. The molecule has 0 saturated carbocycles. The number of benzene rings is 2. The van der Waals surface area contributed by atoms with Gasteiger partial charge in [-0.1, -0.05) is 18.2 Å². The van der Waals surface area contributed by atoms with E-state index in [9.17, 15) is 9.59 Å². The summed E-state index contributed by atoms with van der Waals surface area (Å²) in [6, 6.07) is 16.6. The van der Waals surface area contributed by atoms with Crippen molar-refractivity contribution in [1.29, 1.82) is 0 Å². The van der Waals surface area contributed by atoms with Crippen molar-refractivity contribution in [3.8, 4) is 11.1 Å². The van der Waals surface area contributed by atoms with E-state index < -0.39 is 0 Å². The van der Waals surface area contributed by atoms with Gasteiger partial charge in [0, 0.05) is 31.5 Å². The van der Waals surface area contributed by atoms with Crippen LogP contribution in [0.2, 0.25) is 0 Å². The van der Waals surface area contributed by atoms with Crippen molar-refractivity contribution in [2.24, 2.45) is 5.92 Å². The van der Waals surface area contributed by atoms with Crippen molar-refractivity contribution < 1.29 is 9.53 Å². The SMILES string of the molecule is Nc1cc(-c2ccc3c(=O)n(Cc4cccc(C(=O)NCC5CCOCC5)c4)cnc3c2)ccn1. The summed E-state index contributed by atoms with van der Waals surface area (Å²) in [5, 5.41) is 3.56. The molecule has 1 fully saturated rings. The molecule has 35 heavy (non-hydrogen) atoms. The number of hydrogen-bond donors (Lipinski definition) is 2. The van der Waals surface area contributed by atoms with Crippen molar-refractivity contribution in [3.63, 3.8) is 0 Å². The minimum Gasteiger partial charge on any atom is -0.384 e. The Labute approximate surface area is 202 Å². The molecular weight excluding hydrogens is 442 g/mol. The standard InChI is InChI=1S/C27H27N5O3/c28-25-14-21(6-9-29-25)20-4-5-23-24(13-20)31-17-32(27(23)34)16-19-2-1-3-22(12-19)26(33)30-15-18-7-10-35-11-8-18/h1-6,9,12-14,17-18H,7-8,10-11,15-16H2,(H2,28,29)(H,30,33). The Bertz CT molecular complexity index is 1430. The molecule has 1 saturated heterocycles. The smallest absolute Gasteiger partial charge is 0.261 e. The molecule has 2 aromatic carbocycles. The van der Waals surface area contributed by atoms with Crippen LogP contribution in [-0.4, -0.2) is 40.2 Å². The highest BCUT2D eigenvalue weighted by Crippen LogP contribution is 2.23. The number of rotatable bonds is 6. The van der Waals surface area contributed by atoms with E-state index in [1.54, 1.807) is 35.3 Å². The summed E-state index contributed by atoms with van der Waals surface area (Å²) in [6.07, 6.45) is 5.14. The zero-order chi connectivity index (χ0) is 24.2. The van der Waals surface area contributed by atoms with Crippen molar-refractivity contribution in [2.45, 2.75) is 19.4 Å². The van der Waals surface area contributed by atoms with E-state index in [4.69, 9.17) is 10.5 Å². The van der Waals surface area contributed by atoms with Crippen LogP contribution in [0.3, 0.4) is 0 Å². The average Bonchev–Trinajstić information content (AvgIpc) is 2.89. The maximum Gasteiger partial charge on any atom is 0.261 e. The quantitative estimate of drug-likeness (QED) is 0.448. The second-order valence-electron chi connectivity index (χ2n) is 8.85. The normalized spacial score (nSPS) is 14.2. The zero-order valence-electron chi connectivity index (χ0n) is 19.3. The molecule has 0 unspecified atom stereocenters. The first-order valence-electron chi connectivity index (χ1n) is 11.7. The number of ether oxygens (including phenoxy) is 1. The predicted octanol–water partition coefficient (Wildman–Crippen LogP) is 3.25. The molecule has 2 aromatic heterocycles. The Morgan fingerprint density at radius 2 is 1.89 bits per heavy atom. The number of amides is 1. The lowest BCUT2D eigenvalue weighted by Crippen LogP contribution is -2.32. The first kappa shape index (κ1) is 22.7. The monoisotopic (exact) mass is 469 g/mol. The van der Waals surface area contributed by atoms with Crippen molar-refractivity contribution in [1.82, 2.24) is 19.9 Å². The molecule has 3 heterocycles. The number of pyridine rings is 1. The molecule has 8 heteroatoms. The van der Waals surface area contributed by atoms with Crippen LogP contribution in [-0.2, 0) is 11.3 Å². The number of anilines is 1. The summed E-state index contributed by atoms with van der Waals surface area (Å²) in [7, 11) is 0. The van der Waals surface area contributed by atoms with E-state index in [-0.39, 0.29) is 11.5 Å². The highest BCUT2D eigenvalue weighted by Gasteiger charge is 2.15. The summed E-state index contributed by atoms with van der Waals surface area (Å²) in [6.45, 7) is 2.48.